The van der Waals surface area contributed by atoms with Crippen molar-refractivity contribution >= 4 is 199 Å². The second-order valence-corrected chi connectivity index (χ2v) is 58.1. The number of aryl methyl sites for hydroxylation is 4. The third-order valence-corrected chi connectivity index (χ3v) is 52.3. The first-order valence-electron chi connectivity index (χ1n) is 47.5. The largest absolute Gasteiger partial charge is 0.780 e. The topological polar surface area (TPSA) is 0 Å². The van der Waals surface area contributed by atoms with Gasteiger partial charge in [-0.3, -0.25) is 0 Å². The van der Waals surface area contributed by atoms with Crippen LogP contribution in [0.4, 0.5) is 0 Å². The second kappa shape index (κ2) is 72.6. The van der Waals surface area contributed by atoms with Crippen molar-refractivity contribution in [1.29, 1.82) is 0 Å². The van der Waals surface area contributed by atoms with Gasteiger partial charge in [-0.1, -0.05) is 411 Å². The minimum absolute atomic E-state index is 0. The zero-order valence-corrected chi connectivity index (χ0v) is 102. The van der Waals surface area contributed by atoms with Crippen molar-refractivity contribution in [3.63, 3.8) is 0 Å². The summed E-state index contributed by atoms with van der Waals surface area (Å²) < 4.78 is 0. The summed E-state index contributed by atoms with van der Waals surface area (Å²) in [5.74, 6) is 4.99. The van der Waals surface area contributed by atoms with Crippen LogP contribution in [0, 0.1) is 27.7 Å². The molecule has 20 aromatic rings. The molecule has 20 rings (SSSR count). The van der Waals surface area contributed by atoms with Crippen LogP contribution in [0.3, 0.4) is 0 Å². The van der Waals surface area contributed by atoms with Gasteiger partial charge in [-0.05, 0) is 222 Å². The van der Waals surface area contributed by atoms with E-state index in [4.69, 9.17) is 50.5 Å². The fourth-order valence-electron chi connectivity index (χ4n) is 16.1. The van der Waals surface area contributed by atoms with Gasteiger partial charge >= 0.3 is 0 Å². The fourth-order valence-corrected chi connectivity index (χ4v) is 47.5. The summed E-state index contributed by atoms with van der Waals surface area (Å²) in [6, 6.07) is 209. The van der Waals surface area contributed by atoms with E-state index in [9.17, 15) is 0 Å². The van der Waals surface area contributed by atoms with Crippen LogP contribution in [0.25, 0.3) is 0 Å². The number of rotatable bonds is 24. The molecule has 0 aromatic heterocycles. The van der Waals surface area contributed by atoms with Crippen LogP contribution in [-0.4, -0.2) is 23.6 Å². The Morgan fingerprint density at radius 1 is 0.110 bits per heavy atom. The molecule has 0 amide bonds. The van der Waals surface area contributed by atoms with Crippen LogP contribution in [0.1, 0.15) is 22.3 Å². The van der Waals surface area contributed by atoms with E-state index in [2.05, 4.69) is 513 Å². The number of hydrogen-bond acceptors (Lipinski definition) is 4. The Balaban J connectivity index is 0.000000236. The molecule has 146 heavy (non-hydrogen) atoms. The van der Waals surface area contributed by atoms with Gasteiger partial charge in [0.2, 0.25) is 0 Å². The van der Waals surface area contributed by atoms with Gasteiger partial charge in [0.05, 0.1) is 0 Å². The summed E-state index contributed by atoms with van der Waals surface area (Å²) in [7, 11) is -6.78. The van der Waals surface area contributed by atoms with Crippen molar-refractivity contribution in [1.82, 2.24) is 0 Å². The summed E-state index contributed by atoms with van der Waals surface area (Å²) in [5.41, 5.74) is 5.05. The van der Waals surface area contributed by atoms with E-state index in [1.807, 2.05) is 97.1 Å². The van der Waals surface area contributed by atoms with Gasteiger partial charge in [-0.15, -0.1) is 0 Å². The molecule has 0 aliphatic rings. The first-order valence-corrected chi connectivity index (χ1v) is 62.8. The van der Waals surface area contributed by atoms with E-state index in [0.29, 0.717) is 0 Å². The zero-order valence-electron chi connectivity index (χ0n) is 81.7. The molecule has 20 aromatic carbocycles. The van der Waals surface area contributed by atoms with Gasteiger partial charge in [-0.25, -0.2) is 0 Å². The van der Waals surface area contributed by atoms with Crippen LogP contribution >= 0.6 is 63.4 Å². The van der Waals surface area contributed by atoms with Crippen LogP contribution in [0.2, 0.25) is 0 Å². The van der Waals surface area contributed by atoms with Crippen LogP contribution in [-0.2, 0) is 185 Å². The van der Waals surface area contributed by atoms with E-state index in [1.165, 1.54) is 131 Å². The number of benzene rings is 20. The fraction of sp³-hybridized carbons (Fsp3) is 0.0625. The molecule has 6 radical (unpaired) electrons. The normalized spacial score (nSPS) is 10.2. The Hall–Kier alpha value is -6.84. The van der Waals surface area contributed by atoms with Crippen LogP contribution in [0.5, 0.6) is 0 Å². The molecule has 0 nitrogen and oxygen atoms in total. The van der Waals surface area contributed by atoms with E-state index < -0.39 is 63.4 Å². The monoisotopic (exact) mass is 2680 g/mol. The standard InChI is InChI=1S/4C25H22P2.4C7H8S.6Ag/c4*1-5-13-22(14-6-1)26(23-15-7-2-8-16-23)21-27(24-17-9-3-10-18-24)25-19-11-4-12-20-25;4*1-6-2-4-7(8)5-3-6;;;;;;/h4*1-20H,21H2;4*2-5,8H,1H3;;;;;;/p+4. The summed E-state index contributed by atoms with van der Waals surface area (Å²) in [6.45, 7) is 8.20. The minimum atomic E-state index is -0.847. The van der Waals surface area contributed by atoms with Gasteiger partial charge in [0, 0.05) is 134 Å². The smallest absolute Gasteiger partial charge is 0.174 e. The van der Waals surface area contributed by atoms with E-state index >= 15 is 0 Å². The molecule has 0 bridgehead atoms. The van der Waals surface area contributed by atoms with E-state index in [1.54, 1.807) is 0 Å². The first kappa shape index (κ1) is 126. The molecule has 0 unspecified atom stereocenters. The molecule has 0 aliphatic heterocycles. The van der Waals surface area contributed by atoms with E-state index in [0.717, 1.165) is 19.6 Å². The quantitative estimate of drug-likeness (QED) is 0.0336. The zero-order chi connectivity index (χ0) is 97.2. The van der Waals surface area contributed by atoms with Gasteiger partial charge in [-0.2, -0.15) is 19.6 Å². The maximum Gasteiger partial charge on any atom is 0.174 e. The molecule has 18 heteroatoms. The second-order valence-electron chi connectivity index (χ2n) is 33.6. The van der Waals surface area contributed by atoms with Gasteiger partial charge < -0.3 is 50.5 Å². The Morgan fingerprint density at radius 3 is 0.240 bits per heavy atom. The molecule has 0 fully saturated rings. The molecular formula is C128H124Ag6P8S4+4. The maximum atomic E-state index is 4.87. The third kappa shape index (κ3) is 43.7. The summed E-state index contributed by atoms with van der Waals surface area (Å²) in [6.07, 6.45) is 0. The average Bonchev–Trinajstić information content (AvgIpc) is 0.824. The van der Waals surface area contributed by atoms with Gasteiger partial charge in [0.1, 0.15) is 148 Å². The average molecular weight is 2690 g/mol. The molecule has 0 aliphatic carbocycles. The minimum Gasteiger partial charge on any atom is -0.780 e. The predicted octanol–water partition coefficient (Wildman–Crippen LogP) is 26.3. The van der Waals surface area contributed by atoms with Crippen LogP contribution < -0.4 is 84.9 Å². The van der Waals surface area contributed by atoms with Crippen molar-refractivity contribution in [3.05, 3.63) is 605 Å². The Labute approximate surface area is 996 Å². The van der Waals surface area contributed by atoms with Gasteiger partial charge in [0.25, 0.3) is 0 Å². The SMILES string of the molecule is Cc1ccc([S-])cc1.Cc1ccc([S-])cc1.Cc1ccc([S-])cc1.Cc1ccc([S-])cc1.[Ag].[Ag].[Ag].[Ag].[Ag].[Ag].c1ccc([PH+](C[PH+](c2ccccc2)c2ccccc2)c2ccccc2)cc1.c1ccc([PH+](C[PH+](c2ccccc2)c2ccccc2)c2ccccc2)cc1.c1ccc([PH+](C[PH+](c2ccccc2)c2ccccc2)c2ccccc2)cc1.c1ccc([PH+](C[PH+](c2ccccc2)c2ccccc2)c2ccccc2)cc1. The van der Waals surface area contributed by atoms with Crippen molar-refractivity contribution in [2.75, 3.05) is 23.6 Å². The first-order chi connectivity index (χ1) is 68.8. The molecule has 0 spiro atoms. The molecule has 0 N–H and O–H groups in total. The molecule has 0 saturated carbocycles. The molecule has 762 valence electrons. The summed E-state index contributed by atoms with van der Waals surface area (Å²) in [5, 5.41) is 24.0. The van der Waals surface area contributed by atoms with Crippen LogP contribution in [0.15, 0.2) is 602 Å². The molecule has 0 heterocycles. The Kier molecular flexibility index (Phi) is 62.7. The predicted molar refractivity (Wildman–Crippen MR) is 650 cm³/mol. The third-order valence-electron chi connectivity index (χ3n) is 23.5. The van der Waals surface area contributed by atoms with Crippen molar-refractivity contribution in [2.24, 2.45) is 0 Å². The molecule has 0 saturated heterocycles. The van der Waals surface area contributed by atoms with E-state index in [-0.39, 0.29) is 134 Å². The van der Waals surface area contributed by atoms with Crippen molar-refractivity contribution < 1.29 is 134 Å². The summed E-state index contributed by atoms with van der Waals surface area (Å²) in [4.78, 5) is 3.65. The van der Waals surface area contributed by atoms with Gasteiger partial charge in [0.15, 0.2) is 23.6 Å². The maximum absolute atomic E-state index is 4.87. The number of hydrogen-bond donors (Lipinski definition) is 0. The molecular weight excluding hydrogens is 2560 g/mol. The summed E-state index contributed by atoms with van der Waals surface area (Å²) >= 11 is 19.5. The van der Waals surface area contributed by atoms with Crippen molar-refractivity contribution in [2.45, 2.75) is 47.3 Å². The Morgan fingerprint density at radius 2 is 0.178 bits per heavy atom. The van der Waals surface area contributed by atoms with Crippen molar-refractivity contribution in [3.8, 4) is 0 Å². The molecule has 0 atom stereocenters. The Bertz CT molecular complexity index is 5180.